The van der Waals surface area contributed by atoms with Crippen LogP contribution in [0.4, 0.5) is 0 Å². The van der Waals surface area contributed by atoms with E-state index < -0.39 is 0 Å². The molecule has 5 heteroatoms. The van der Waals surface area contributed by atoms with Crippen molar-refractivity contribution in [2.24, 2.45) is 0 Å². The van der Waals surface area contributed by atoms with Crippen LogP contribution in [-0.4, -0.2) is 30.9 Å². The Morgan fingerprint density at radius 2 is 2.26 bits per heavy atom. The first-order chi connectivity index (χ1) is 8.76. The standard InChI is InChI=1S/C14H22N2O2.ClH/c1-3-11-7-8-13(18-11)12-6-4-5-9-16(12)14(17)10-15-2;/h7-8,12,15H,3-6,9-10H2,1-2H3;1H. The first-order valence-electron chi connectivity index (χ1n) is 6.79. The number of halogens is 1. The molecule has 1 aromatic rings. The number of amides is 1. The molecule has 4 nitrogen and oxygen atoms in total. The largest absolute Gasteiger partial charge is 0.464 e. The minimum Gasteiger partial charge on any atom is -0.464 e. The Bertz CT molecular complexity index is 406. The van der Waals surface area contributed by atoms with Crippen LogP contribution < -0.4 is 5.32 Å². The van der Waals surface area contributed by atoms with Gasteiger partial charge in [-0.15, -0.1) is 12.4 Å². The van der Waals surface area contributed by atoms with Gasteiger partial charge in [0.05, 0.1) is 12.6 Å². The van der Waals surface area contributed by atoms with Crippen molar-refractivity contribution in [2.45, 2.75) is 38.6 Å². The Hall–Kier alpha value is -1.00. The van der Waals surface area contributed by atoms with Crippen molar-refractivity contribution in [1.82, 2.24) is 10.2 Å². The number of aryl methyl sites for hydroxylation is 1. The van der Waals surface area contributed by atoms with Crippen LogP contribution >= 0.6 is 12.4 Å². The van der Waals surface area contributed by atoms with Crippen LogP contribution in [0.15, 0.2) is 16.5 Å². The molecule has 1 saturated heterocycles. The lowest BCUT2D eigenvalue weighted by molar-refractivity contribution is -0.134. The van der Waals surface area contributed by atoms with Gasteiger partial charge in [0.1, 0.15) is 11.5 Å². The second-order valence-electron chi connectivity index (χ2n) is 4.79. The van der Waals surface area contributed by atoms with Crippen molar-refractivity contribution < 1.29 is 9.21 Å². The second-order valence-corrected chi connectivity index (χ2v) is 4.79. The summed E-state index contributed by atoms with van der Waals surface area (Å²) in [7, 11) is 1.80. The van der Waals surface area contributed by atoms with E-state index in [1.165, 1.54) is 0 Å². The first kappa shape index (κ1) is 16.1. The minimum absolute atomic E-state index is 0. The Kier molecular flexibility index (Phi) is 6.38. The van der Waals surface area contributed by atoms with Gasteiger partial charge in [-0.25, -0.2) is 0 Å². The summed E-state index contributed by atoms with van der Waals surface area (Å²) in [6, 6.07) is 4.17. The van der Waals surface area contributed by atoms with Crippen molar-refractivity contribution in [3.05, 3.63) is 23.7 Å². The van der Waals surface area contributed by atoms with Gasteiger partial charge < -0.3 is 14.6 Å². The molecule has 1 aliphatic heterocycles. The third kappa shape index (κ3) is 3.74. The SMILES string of the molecule is CCc1ccc(C2CCCCN2C(=O)CNC)o1.Cl. The molecule has 1 N–H and O–H groups in total. The van der Waals surface area contributed by atoms with Gasteiger partial charge in [0, 0.05) is 13.0 Å². The van der Waals surface area contributed by atoms with Crippen LogP contribution in [-0.2, 0) is 11.2 Å². The molecule has 0 saturated carbocycles. The normalized spacial score (nSPS) is 19.1. The van der Waals surface area contributed by atoms with Crippen molar-refractivity contribution in [3.63, 3.8) is 0 Å². The van der Waals surface area contributed by atoms with Crippen molar-refractivity contribution in [3.8, 4) is 0 Å². The fraction of sp³-hybridized carbons (Fsp3) is 0.643. The lowest BCUT2D eigenvalue weighted by atomic mass is 10.00. The van der Waals surface area contributed by atoms with Crippen LogP contribution in [0.25, 0.3) is 0 Å². The fourth-order valence-corrected chi connectivity index (χ4v) is 2.54. The molecule has 2 heterocycles. The summed E-state index contributed by atoms with van der Waals surface area (Å²) in [5, 5.41) is 2.93. The molecule has 1 atom stereocenters. The van der Waals surface area contributed by atoms with Crippen LogP contribution in [0.1, 0.15) is 43.7 Å². The summed E-state index contributed by atoms with van der Waals surface area (Å²) >= 11 is 0. The quantitative estimate of drug-likeness (QED) is 0.925. The highest BCUT2D eigenvalue weighted by molar-refractivity contribution is 5.85. The maximum absolute atomic E-state index is 12.1. The van der Waals surface area contributed by atoms with Gasteiger partial charge in [-0.1, -0.05) is 6.92 Å². The number of likely N-dealkylation sites (tertiary alicyclic amines) is 1. The molecule has 1 aliphatic rings. The van der Waals surface area contributed by atoms with E-state index in [-0.39, 0.29) is 24.4 Å². The van der Waals surface area contributed by atoms with E-state index in [9.17, 15) is 4.79 Å². The number of nitrogens with one attached hydrogen (secondary N) is 1. The molecule has 1 unspecified atom stereocenters. The summed E-state index contributed by atoms with van der Waals surface area (Å²) in [5.41, 5.74) is 0. The maximum Gasteiger partial charge on any atom is 0.237 e. The van der Waals surface area contributed by atoms with Gasteiger partial charge in [0.15, 0.2) is 0 Å². The van der Waals surface area contributed by atoms with Crippen molar-refractivity contribution >= 4 is 18.3 Å². The number of hydrogen-bond acceptors (Lipinski definition) is 3. The molecule has 0 spiro atoms. The highest BCUT2D eigenvalue weighted by Crippen LogP contribution is 2.32. The average Bonchev–Trinajstić information content (AvgIpc) is 2.87. The van der Waals surface area contributed by atoms with Gasteiger partial charge in [-0.05, 0) is 38.4 Å². The van der Waals surface area contributed by atoms with Gasteiger partial charge in [-0.3, -0.25) is 4.79 Å². The van der Waals surface area contributed by atoms with Crippen molar-refractivity contribution in [2.75, 3.05) is 20.1 Å². The molecule has 0 aromatic carbocycles. The molecular formula is C14H23ClN2O2. The smallest absolute Gasteiger partial charge is 0.237 e. The third-order valence-electron chi connectivity index (χ3n) is 3.51. The van der Waals surface area contributed by atoms with E-state index in [0.717, 1.165) is 43.7 Å². The van der Waals surface area contributed by atoms with Gasteiger partial charge in [0.2, 0.25) is 5.91 Å². The minimum atomic E-state index is 0. The predicted octanol–water partition coefficient (Wildman–Crippen LogP) is 2.54. The van der Waals surface area contributed by atoms with E-state index >= 15 is 0 Å². The zero-order valence-electron chi connectivity index (χ0n) is 11.6. The van der Waals surface area contributed by atoms with E-state index in [0.29, 0.717) is 6.54 Å². The lowest BCUT2D eigenvalue weighted by Crippen LogP contribution is -2.42. The molecular weight excluding hydrogens is 264 g/mol. The van der Waals surface area contributed by atoms with E-state index in [1.807, 2.05) is 17.0 Å². The summed E-state index contributed by atoms with van der Waals surface area (Å²) in [4.78, 5) is 14.0. The second kappa shape index (κ2) is 7.56. The molecule has 1 amide bonds. The Morgan fingerprint density at radius 1 is 1.47 bits per heavy atom. The number of nitrogens with zero attached hydrogens (tertiary/aromatic N) is 1. The molecule has 2 rings (SSSR count). The van der Waals surface area contributed by atoms with Gasteiger partial charge in [0.25, 0.3) is 0 Å². The number of carbonyl (C=O) groups excluding carboxylic acids is 1. The highest BCUT2D eigenvalue weighted by atomic mass is 35.5. The zero-order chi connectivity index (χ0) is 13.0. The topological polar surface area (TPSA) is 45.5 Å². The first-order valence-corrected chi connectivity index (χ1v) is 6.79. The number of piperidine rings is 1. The number of hydrogen-bond donors (Lipinski definition) is 1. The Labute approximate surface area is 120 Å². The molecule has 1 fully saturated rings. The average molecular weight is 287 g/mol. The zero-order valence-corrected chi connectivity index (χ0v) is 12.5. The summed E-state index contributed by atoms with van der Waals surface area (Å²) in [5.74, 6) is 2.10. The lowest BCUT2D eigenvalue weighted by Gasteiger charge is -2.34. The highest BCUT2D eigenvalue weighted by Gasteiger charge is 2.29. The van der Waals surface area contributed by atoms with Crippen LogP contribution in [0, 0.1) is 0 Å². The van der Waals surface area contributed by atoms with E-state index in [1.54, 1.807) is 7.05 Å². The molecule has 19 heavy (non-hydrogen) atoms. The number of likely N-dealkylation sites (N-methyl/N-ethyl adjacent to an activating group) is 1. The molecule has 0 aliphatic carbocycles. The molecule has 0 bridgehead atoms. The monoisotopic (exact) mass is 286 g/mol. The molecule has 1 aromatic heterocycles. The molecule has 0 radical (unpaired) electrons. The van der Waals surface area contributed by atoms with Gasteiger partial charge >= 0.3 is 0 Å². The van der Waals surface area contributed by atoms with Crippen molar-refractivity contribution in [1.29, 1.82) is 0 Å². The Balaban J connectivity index is 0.00000180. The fourth-order valence-electron chi connectivity index (χ4n) is 2.54. The van der Waals surface area contributed by atoms with E-state index in [4.69, 9.17) is 4.42 Å². The predicted molar refractivity (Wildman–Crippen MR) is 77.6 cm³/mol. The maximum atomic E-state index is 12.1. The van der Waals surface area contributed by atoms with Gasteiger partial charge in [-0.2, -0.15) is 0 Å². The van der Waals surface area contributed by atoms with Crippen LogP contribution in [0.3, 0.4) is 0 Å². The summed E-state index contributed by atoms with van der Waals surface area (Å²) in [6.45, 7) is 3.32. The number of carbonyl (C=O) groups is 1. The summed E-state index contributed by atoms with van der Waals surface area (Å²) in [6.07, 6.45) is 4.16. The van der Waals surface area contributed by atoms with Crippen LogP contribution in [0.5, 0.6) is 0 Å². The number of rotatable bonds is 4. The van der Waals surface area contributed by atoms with Crippen LogP contribution in [0.2, 0.25) is 0 Å². The Morgan fingerprint density at radius 3 is 2.89 bits per heavy atom. The molecule has 108 valence electrons. The number of furan rings is 1. The van der Waals surface area contributed by atoms with E-state index in [2.05, 4.69) is 12.2 Å². The third-order valence-corrected chi connectivity index (χ3v) is 3.51. The summed E-state index contributed by atoms with van der Waals surface area (Å²) < 4.78 is 5.82.